The van der Waals surface area contributed by atoms with Crippen molar-refractivity contribution < 1.29 is 4.74 Å². The molecule has 1 unspecified atom stereocenters. The Morgan fingerprint density at radius 2 is 1.89 bits per heavy atom. The maximum absolute atomic E-state index is 6.42. The molecule has 0 amide bonds. The van der Waals surface area contributed by atoms with Gasteiger partial charge in [0.15, 0.2) is 0 Å². The van der Waals surface area contributed by atoms with Gasteiger partial charge in [-0.2, -0.15) is 0 Å². The Morgan fingerprint density at radius 1 is 1.21 bits per heavy atom. The molecule has 1 aliphatic rings. The first-order valence-corrected chi connectivity index (χ1v) is 9.51. The molecule has 0 radical (unpaired) electrons. The third-order valence-corrected chi connectivity index (χ3v) is 6.03. The van der Waals surface area contributed by atoms with E-state index < -0.39 is 0 Å². The van der Waals surface area contributed by atoms with Gasteiger partial charge < -0.3 is 4.74 Å². The molecule has 1 atom stereocenters. The number of rotatable bonds is 9. The Hall–Kier alpha value is 0.440. The second kappa shape index (κ2) is 9.39. The smallest absolute Gasteiger partial charge is 0.0779 e. The first-order chi connectivity index (χ1) is 9.19. The summed E-state index contributed by atoms with van der Waals surface area (Å²) in [6.07, 6.45) is 11.8. The molecule has 0 aromatic heterocycles. The van der Waals surface area contributed by atoms with Crippen molar-refractivity contribution in [1.82, 2.24) is 0 Å². The van der Waals surface area contributed by atoms with E-state index in [0.29, 0.717) is 0 Å². The van der Waals surface area contributed by atoms with Crippen molar-refractivity contribution in [1.29, 1.82) is 0 Å². The summed E-state index contributed by atoms with van der Waals surface area (Å²) in [5, 5.41) is 1.01. The summed E-state index contributed by atoms with van der Waals surface area (Å²) in [4.78, 5) is 0. The van der Waals surface area contributed by atoms with Crippen molar-refractivity contribution in [3.63, 3.8) is 0 Å². The normalized spacial score (nSPS) is 29.4. The molecule has 0 aromatic carbocycles. The van der Waals surface area contributed by atoms with Crippen LogP contribution in [0.2, 0.25) is 0 Å². The summed E-state index contributed by atoms with van der Waals surface area (Å²) >= 11 is 3.71. The van der Waals surface area contributed by atoms with E-state index in [9.17, 15) is 0 Å². The Balaban J connectivity index is 2.39. The SMILES string of the molecule is CCCCC(CC)COC1(CBr)CCC(CC)CC1. The monoisotopic (exact) mass is 332 g/mol. The highest BCUT2D eigenvalue weighted by Crippen LogP contribution is 2.38. The minimum absolute atomic E-state index is 0.144. The summed E-state index contributed by atoms with van der Waals surface area (Å²) in [5.74, 6) is 1.71. The fourth-order valence-corrected chi connectivity index (χ4v) is 3.84. The number of alkyl halides is 1. The van der Waals surface area contributed by atoms with Gasteiger partial charge in [0.25, 0.3) is 0 Å². The van der Waals surface area contributed by atoms with Crippen LogP contribution in [0, 0.1) is 11.8 Å². The molecule has 0 bridgehead atoms. The second-order valence-corrected chi connectivity index (χ2v) is 6.96. The lowest BCUT2D eigenvalue weighted by Crippen LogP contribution is -2.40. The molecule has 1 rings (SSSR count). The first kappa shape index (κ1) is 17.5. The Kier molecular flexibility index (Phi) is 8.64. The lowest BCUT2D eigenvalue weighted by atomic mass is 9.78. The zero-order valence-electron chi connectivity index (χ0n) is 13.2. The summed E-state index contributed by atoms with van der Waals surface area (Å²) in [6, 6.07) is 0. The lowest BCUT2D eigenvalue weighted by Gasteiger charge is -2.39. The summed E-state index contributed by atoms with van der Waals surface area (Å²) in [7, 11) is 0. The van der Waals surface area contributed by atoms with Gasteiger partial charge in [-0.25, -0.2) is 0 Å². The average molecular weight is 333 g/mol. The average Bonchev–Trinajstić information content (AvgIpc) is 2.48. The van der Waals surface area contributed by atoms with Gasteiger partial charge in [0, 0.05) is 5.33 Å². The zero-order valence-corrected chi connectivity index (χ0v) is 14.8. The molecule has 1 fully saturated rings. The van der Waals surface area contributed by atoms with Gasteiger partial charge in [0.1, 0.15) is 0 Å². The van der Waals surface area contributed by atoms with E-state index in [4.69, 9.17) is 4.74 Å². The van der Waals surface area contributed by atoms with Crippen LogP contribution in [0.4, 0.5) is 0 Å². The fraction of sp³-hybridized carbons (Fsp3) is 1.00. The number of hydrogen-bond acceptors (Lipinski definition) is 1. The highest BCUT2D eigenvalue weighted by Gasteiger charge is 2.35. The van der Waals surface area contributed by atoms with Crippen molar-refractivity contribution in [2.24, 2.45) is 11.8 Å². The highest BCUT2D eigenvalue weighted by atomic mass is 79.9. The zero-order chi connectivity index (χ0) is 14.1. The quantitative estimate of drug-likeness (QED) is 0.474. The van der Waals surface area contributed by atoms with Gasteiger partial charge >= 0.3 is 0 Å². The van der Waals surface area contributed by atoms with Crippen LogP contribution in [0.15, 0.2) is 0 Å². The van der Waals surface area contributed by atoms with Crippen molar-refractivity contribution in [2.75, 3.05) is 11.9 Å². The van der Waals surface area contributed by atoms with Crippen LogP contribution in [-0.4, -0.2) is 17.5 Å². The highest BCUT2D eigenvalue weighted by molar-refractivity contribution is 9.09. The topological polar surface area (TPSA) is 9.23 Å². The van der Waals surface area contributed by atoms with Crippen LogP contribution in [0.5, 0.6) is 0 Å². The fourth-order valence-electron chi connectivity index (χ4n) is 3.12. The van der Waals surface area contributed by atoms with Gasteiger partial charge in [-0.1, -0.05) is 62.4 Å². The van der Waals surface area contributed by atoms with Gasteiger partial charge in [-0.05, 0) is 43.9 Å². The molecule has 0 saturated heterocycles. The van der Waals surface area contributed by atoms with E-state index in [1.807, 2.05) is 0 Å². The summed E-state index contributed by atoms with van der Waals surface area (Å²) < 4.78 is 6.42. The van der Waals surface area contributed by atoms with Gasteiger partial charge in [-0.15, -0.1) is 0 Å². The molecule has 0 spiro atoms. The van der Waals surface area contributed by atoms with Crippen LogP contribution in [0.25, 0.3) is 0 Å². The number of halogens is 1. The van der Waals surface area contributed by atoms with Crippen LogP contribution in [0.3, 0.4) is 0 Å². The van der Waals surface area contributed by atoms with Crippen LogP contribution in [-0.2, 0) is 4.74 Å². The van der Waals surface area contributed by atoms with Crippen molar-refractivity contribution in [2.45, 2.75) is 84.2 Å². The van der Waals surface area contributed by atoms with E-state index in [1.165, 1.54) is 57.8 Å². The molecule has 2 heteroatoms. The Labute approximate surface area is 129 Å². The van der Waals surface area contributed by atoms with Crippen LogP contribution < -0.4 is 0 Å². The molecule has 0 aliphatic heterocycles. The van der Waals surface area contributed by atoms with Gasteiger partial charge in [0.2, 0.25) is 0 Å². The standard InChI is InChI=1S/C17H33BrO/c1-4-7-8-16(6-3)13-19-17(14-18)11-9-15(5-2)10-12-17/h15-16H,4-14H2,1-3H3. The maximum atomic E-state index is 6.42. The van der Waals surface area contributed by atoms with E-state index in [0.717, 1.165) is 23.8 Å². The van der Waals surface area contributed by atoms with Gasteiger partial charge in [0.05, 0.1) is 12.2 Å². The van der Waals surface area contributed by atoms with Crippen molar-refractivity contribution >= 4 is 15.9 Å². The molecular formula is C17H33BrO. The van der Waals surface area contributed by atoms with E-state index in [1.54, 1.807) is 0 Å². The van der Waals surface area contributed by atoms with Crippen molar-refractivity contribution in [3.8, 4) is 0 Å². The molecule has 114 valence electrons. The maximum Gasteiger partial charge on any atom is 0.0779 e. The predicted molar refractivity (Wildman–Crippen MR) is 88.0 cm³/mol. The van der Waals surface area contributed by atoms with Gasteiger partial charge in [-0.3, -0.25) is 0 Å². The molecule has 19 heavy (non-hydrogen) atoms. The predicted octanol–water partition coefficient (Wildman–Crippen LogP) is 5.95. The minimum Gasteiger partial charge on any atom is -0.374 e. The number of unbranched alkanes of at least 4 members (excludes halogenated alkanes) is 1. The third kappa shape index (κ3) is 5.75. The molecule has 1 aliphatic carbocycles. The van der Waals surface area contributed by atoms with Crippen LogP contribution in [0.1, 0.15) is 78.6 Å². The lowest BCUT2D eigenvalue weighted by molar-refractivity contribution is -0.0750. The van der Waals surface area contributed by atoms with E-state index in [2.05, 4.69) is 36.7 Å². The van der Waals surface area contributed by atoms with Crippen molar-refractivity contribution in [3.05, 3.63) is 0 Å². The molecule has 0 heterocycles. The Morgan fingerprint density at radius 3 is 2.37 bits per heavy atom. The molecule has 0 N–H and O–H groups in total. The third-order valence-electron chi connectivity index (χ3n) is 5.01. The minimum atomic E-state index is 0.144. The Bertz CT molecular complexity index is 221. The van der Waals surface area contributed by atoms with E-state index >= 15 is 0 Å². The van der Waals surface area contributed by atoms with E-state index in [-0.39, 0.29) is 5.60 Å². The molecule has 1 saturated carbocycles. The number of hydrogen-bond donors (Lipinski definition) is 0. The molecule has 1 nitrogen and oxygen atoms in total. The molecule has 0 aromatic rings. The van der Waals surface area contributed by atoms with Crippen LogP contribution >= 0.6 is 15.9 Å². The number of ether oxygens (including phenoxy) is 1. The first-order valence-electron chi connectivity index (χ1n) is 8.39. The second-order valence-electron chi connectivity index (χ2n) is 6.40. The molecular weight excluding hydrogens is 300 g/mol. The largest absolute Gasteiger partial charge is 0.374 e. The summed E-state index contributed by atoms with van der Waals surface area (Å²) in [6.45, 7) is 7.88. The summed E-state index contributed by atoms with van der Waals surface area (Å²) in [5.41, 5.74) is 0.144.